The van der Waals surface area contributed by atoms with Crippen molar-refractivity contribution in [1.82, 2.24) is 9.21 Å². The normalized spacial score (nSPS) is 17.2. The Labute approximate surface area is 243 Å². The molecular weight excluding hydrogens is 584 g/mol. The molecule has 1 aliphatic rings. The number of nitrogens with zero attached hydrogens (tertiary/aromatic N) is 2. The number of piperidine rings is 1. The fourth-order valence-corrected chi connectivity index (χ4v) is 6.77. The number of hydrogen-bond donors (Lipinski definition) is 1. The van der Waals surface area contributed by atoms with Crippen LogP contribution in [0, 0.1) is 0 Å². The lowest BCUT2D eigenvalue weighted by molar-refractivity contribution is -0.137. The molecular formula is C29H31Cl2F3N2O3S. The van der Waals surface area contributed by atoms with E-state index in [1.165, 1.54) is 16.4 Å². The minimum atomic E-state index is -4.61. The van der Waals surface area contributed by atoms with E-state index in [1.54, 1.807) is 43.4 Å². The molecule has 0 amide bonds. The third kappa shape index (κ3) is 7.19. The van der Waals surface area contributed by atoms with Crippen LogP contribution in [0.4, 0.5) is 13.2 Å². The first-order chi connectivity index (χ1) is 18.8. The molecule has 1 aliphatic heterocycles. The summed E-state index contributed by atoms with van der Waals surface area (Å²) in [7, 11) is -2.14. The number of benzene rings is 3. The molecule has 1 heterocycles. The molecule has 1 N–H and O–H groups in total. The monoisotopic (exact) mass is 614 g/mol. The topological polar surface area (TPSA) is 60.9 Å². The quantitative estimate of drug-likeness (QED) is 0.288. The molecule has 0 unspecified atom stereocenters. The van der Waals surface area contributed by atoms with Crippen LogP contribution in [0.1, 0.15) is 41.9 Å². The van der Waals surface area contributed by atoms with Crippen molar-refractivity contribution in [1.29, 1.82) is 0 Å². The van der Waals surface area contributed by atoms with Crippen LogP contribution in [0.5, 0.6) is 0 Å². The van der Waals surface area contributed by atoms with Crippen LogP contribution < -0.4 is 0 Å². The van der Waals surface area contributed by atoms with Gasteiger partial charge in [-0.15, -0.1) is 0 Å². The van der Waals surface area contributed by atoms with Crippen molar-refractivity contribution in [2.24, 2.45) is 0 Å². The summed E-state index contributed by atoms with van der Waals surface area (Å²) in [6, 6.07) is 19.2. The zero-order valence-corrected chi connectivity index (χ0v) is 24.2. The van der Waals surface area contributed by atoms with Gasteiger partial charge in [0.05, 0.1) is 21.1 Å². The Kier molecular flexibility index (Phi) is 9.54. The minimum absolute atomic E-state index is 0.159. The average Bonchev–Trinajstić information content (AvgIpc) is 2.91. The van der Waals surface area contributed by atoms with Gasteiger partial charge in [-0.2, -0.15) is 13.2 Å². The first kappa shape index (κ1) is 30.8. The molecule has 3 aromatic carbocycles. The summed E-state index contributed by atoms with van der Waals surface area (Å²) in [5.41, 5.74) is -1.23. The molecule has 40 heavy (non-hydrogen) atoms. The molecule has 0 radical (unpaired) electrons. The molecule has 0 aromatic heterocycles. The zero-order chi connectivity index (χ0) is 29.1. The van der Waals surface area contributed by atoms with Crippen molar-refractivity contribution in [2.75, 3.05) is 33.2 Å². The van der Waals surface area contributed by atoms with E-state index in [0.717, 1.165) is 11.6 Å². The van der Waals surface area contributed by atoms with E-state index in [9.17, 15) is 26.7 Å². The second kappa shape index (κ2) is 12.4. The summed E-state index contributed by atoms with van der Waals surface area (Å²) < 4.78 is 67.8. The highest BCUT2D eigenvalue weighted by Crippen LogP contribution is 2.40. The van der Waals surface area contributed by atoms with Gasteiger partial charge in [0.1, 0.15) is 0 Å². The first-order valence-electron chi connectivity index (χ1n) is 12.9. The molecule has 216 valence electrons. The van der Waals surface area contributed by atoms with Crippen molar-refractivity contribution in [3.8, 4) is 0 Å². The van der Waals surface area contributed by atoms with E-state index in [4.69, 9.17) is 23.2 Å². The lowest BCUT2D eigenvalue weighted by atomic mass is 9.83. The Hall–Kier alpha value is -2.14. The maximum absolute atomic E-state index is 13.4. The van der Waals surface area contributed by atoms with E-state index < -0.39 is 32.4 Å². The molecule has 1 atom stereocenters. The van der Waals surface area contributed by atoms with Crippen molar-refractivity contribution < 1.29 is 26.7 Å². The SMILES string of the molecule is CN(C[C@@H](CCN1CCC(O)(c2ccc(Cl)c(C(F)(F)F)c2)CC1)c1cccc(Cl)c1)S(=O)(=O)c1ccccc1. The third-order valence-electron chi connectivity index (χ3n) is 7.54. The van der Waals surface area contributed by atoms with Crippen molar-refractivity contribution >= 4 is 33.2 Å². The van der Waals surface area contributed by atoms with Gasteiger partial charge in [0.15, 0.2) is 0 Å². The Balaban J connectivity index is 1.45. The van der Waals surface area contributed by atoms with Gasteiger partial charge < -0.3 is 10.0 Å². The summed E-state index contributed by atoms with van der Waals surface area (Å²) in [5.74, 6) is -0.159. The van der Waals surface area contributed by atoms with E-state index in [-0.39, 0.29) is 35.8 Å². The third-order valence-corrected chi connectivity index (χ3v) is 9.94. The van der Waals surface area contributed by atoms with Gasteiger partial charge >= 0.3 is 6.18 Å². The largest absolute Gasteiger partial charge is 0.417 e. The molecule has 0 saturated carbocycles. The number of rotatable bonds is 9. The number of hydrogen-bond acceptors (Lipinski definition) is 4. The molecule has 11 heteroatoms. The Morgan fingerprint density at radius 2 is 1.68 bits per heavy atom. The van der Waals surface area contributed by atoms with Crippen LogP contribution in [0.15, 0.2) is 77.7 Å². The molecule has 3 aromatic rings. The Morgan fingerprint density at radius 1 is 1.00 bits per heavy atom. The predicted octanol–water partition coefficient (Wildman–Crippen LogP) is 6.79. The van der Waals surface area contributed by atoms with E-state index in [1.807, 2.05) is 18.2 Å². The van der Waals surface area contributed by atoms with Crippen LogP contribution in [0.3, 0.4) is 0 Å². The Morgan fingerprint density at radius 3 is 2.30 bits per heavy atom. The maximum Gasteiger partial charge on any atom is 0.417 e. The summed E-state index contributed by atoms with van der Waals surface area (Å²) in [4.78, 5) is 2.35. The molecule has 1 fully saturated rings. The van der Waals surface area contributed by atoms with Gasteiger partial charge in [0, 0.05) is 31.7 Å². The standard InChI is InChI=1S/C29H31Cl2F3N2O3S/c1-35(40(38,39)25-8-3-2-4-9-25)20-22(21-6-5-7-24(30)18-21)12-15-36-16-13-28(37,14-17-36)23-10-11-27(31)26(19-23)29(32,33)34/h2-11,18-19,22,37H,12-17,20H2,1H3/t22-/m1/s1. The first-order valence-corrected chi connectivity index (χ1v) is 15.1. The van der Waals surface area contributed by atoms with Gasteiger partial charge in [0.2, 0.25) is 10.0 Å². The lowest BCUT2D eigenvalue weighted by Gasteiger charge is -2.39. The van der Waals surface area contributed by atoms with Gasteiger partial charge in [-0.25, -0.2) is 12.7 Å². The molecule has 1 saturated heterocycles. The highest BCUT2D eigenvalue weighted by Gasteiger charge is 2.38. The smallest absolute Gasteiger partial charge is 0.385 e. The highest BCUT2D eigenvalue weighted by atomic mass is 35.5. The maximum atomic E-state index is 13.4. The number of halogens is 5. The van der Waals surface area contributed by atoms with Crippen molar-refractivity contribution in [3.63, 3.8) is 0 Å². The summed E-state index contributed by atoms with van der Waals surface area (Å²) in [6.07, 6.45) is -3.47. The van der Waals surface area contributed by atoms with Gasteiger partial charge in [-0.05, 0) is 79.3 Å². The molecule has 4 rings (SSSR count). The van der Waals surface area contributed by atoms with Crippen molar-refractivity contribution in [2.45, 2.75) is 41.9 Å². The zero-order valence-electron chi connectivity index (χ0n) is 21.9. The van der Waals surface area contributed by atoms with E-state index >= 15 is 0 Å². The lowest BCUT2D eigenvalue weighted by Crippen LogP contribution is -2.43. The van der Waals surface area contributed by atoms with Gasteiger partial charge in [-0.3, -0.25) is 0 Å². The van der Waals surface area contributed by atoms with E-state index in [2.05, 4.69) is 4.90 Å². The predicted molar refractivity (Wildman–Crippen MR) is 151 cm³/mol. The number of alkyl halides is 3. The van der Waals surface area contributed by atoms with Crippen LogP contribution in [-0.4, -0.2) is 56.0 Å². The molecule has 0 spiro atoms. The number of likely N-dealkylation sites (tertiary alicyclic amines) is 1. The average molecular weight is 616 g/mol. The molecule has 5 nitrogen and oxygen atoms in total. The fraction of sp³-hybridized carbons (Fsp3) is 0.379. The molecule has 0 aliphatic carbocycles. The summed E-state index contributed by atoms with van der Waals surface area (Å²) in [6.45, 7) is 1.79. The van der Waals surface area contributed by atoms with Gasteiger partial charge in [0.25, 0.3) is 0 Å². The minimum Gasteiger partial charge on any atom is -0.385 e. The Bertz CT molecular complexity index is 1410. The number of aliphatic hydroxyl groups is 1. The second-order valence-corrected chi connectivity index (χ2v) is 13.1. The van der Waals surface area contributed by atoms with Crippen LogP contribution in [0.25, 0.3) is 0 Å². The fourth-order valence-electron chi connectivity index (χ4n) is 5.11. The van der Waals surface area contributed by atoms with Crippen LogP contribution >= 0.6 is 23.2 Å². The van der Waals surface area contributed by atoms with Crippen LogP contribution in [-0.2, 0) is 21.8 Å². The van der Waals surface area contributed by atoms with Gasteiger partial charge in [-0.1, -0.05) is 59.6 Å². The number of sulfonamides is 1. The van der Waals surface area contributed by atoms with E-state index in [0.29, 0.717) is 31.1 Å². The van der Waals surface area contributed by atoms with Crippen molar-refractivity contribution in [3.05, 3.63) is 99.5 Å². The highest BCUT2D eigenvalue weighted by molar-refractivity contribution is 7.89. The summed E-state index contributed by atoms with van der Waals surface area (Å²) >= 11 is 12.0. The van der Waals surface area contributed by atoms with Crippen LogP contribution in [0.2, 0.25) is 10.0 Å². The summed E-state index contributed by atoms with van der Waals surface area (Å²) in [5, 5.41) is 11.4. The number of likely N-dealkylation sites (N-methyl/N-ethyl adjacent to an activating group) is 1. The second-order valence-electron chi connectivity index (χ2n) is 10.2. The molecule has 0 bridgehead atoms.